The molecule has 3 heterocycles. The number of carbonyl (C=O) groups excluding carboxylic acids is 2. The highest BCUT2D eigenvalue weighted by molar-refractivity contribution is 6.30. The molecule has 0 saturated carbocycles. The predicted molar refractivity (Wildman–Crippen MR) is 108 cm³/mol. The van der Waals surface area contributed by atoms with E-state index in [1.807, 2.05) is 29.2 Å². The van der Waals surface area contributed by atoms with Gasteiger partial charge in [0, 0.05) is 50.0 Å². The van der Waals surface area contributed by atoms with Crippen molar-refractivity contribution >= 4 is 29.1 Å². The topological polar surface area (TPSA) is 57.0 Å². The summed E-state index contributed by atoms with van der Waals surface area (Å²) >= 11 is 6.09. The Hall–Kier alpha value is -2.47. The second-order valence-electron chi connectivity index (χ2n) is 7.36. The Morgan fingerprint density at radius 1 is 1.00 bits per heavy atom. The number of piperidine rings is 1. The zero-order valence-electron chi connectivity index (χ0n) is 15.7. The lowest BCUT2D eigenvalue weighted by Crippen LogP contribution is -2.53. The number of hydrogen-bond donors (Lipinski definition) is 0. The van der Waals surface area contributed by atoms with Crippen molar-refractivity contribution in [2.24, 2.45) is 5.92 Å². The van der Waals surface area contributed by atoms with Gasteiger partial charge in [0.15, 0.2) is 5.76 Å². The van der Waals surface area contributed by atoms with Crippen LogP contribution >= 0.6 is 11.6 Å². The van der Waals surface area contributed by atoms with Crippen LogP contribution < -0.4 is 4.90 Å². The SMILES string of the molecule is O=C(c1ccco1)N1CCC[C@@H](C(=O)N2CCN(c3cccc(Cl)c3)CC2)C1. The summed E-state index contributed by atoms with van der Waals surface area (Å²) < 4.78 is 5.22. The Bertz CT molecular complexity index is 831. The monoisotopic (exact) mass is 401 g/mol. The van der Waals surface area contributed by atoms with Crippen molar-refractivity contribution in [1.82, 2.24) is 9.80 Å². The van der Waals surface area contributed by atoms with Crippen LogP contribution in [-0.2, 0) is 4.79 Å². The number of anilines is 1. The minimum absolute atomic E-state index is 0.131. The van der Waals surface area contributed by atoms with Gasteiger partial charge < -0.3 is 19.1 Å². The van der Waals surface area contributed by atoms with Gasteiger partial charge in [0.05, 0.1) is 12.2 Å². The number of hydrogen-bond acceptors (Lipinski definition) is 4. The standard InChI is InChI=1S/C21H24ClN3O3/c22-17-5-1-6-18(14-17)23-9-11-24(12-10-23)20(26)16-4-2-8-25(15-16)21(27)19-7-3-13-28-19/h1,3,5-7,13-14,16H,2,4,8-12,15H2/t16-/m1/s1. The van der Waals surface area contributed by atoms with Crippen molar-refractivity contribution in [1.29, 1.82) is 0 Å². The van der Waals surface area contributed by atoms with Crippen LogP contribution in [0.4, 0.5) is 5.69 Å². The lowest BCUT2D eigenvalue weighted by atomic mass is 9.96. The Morgan fingerprint density at radius 2 is 1.82 bits per heavy atom. The molecule has 2 fully saturated rings. The summed E-state index contributed by atoms with van der Waals surface area (Å²) in [7, 11) is 0. The third-order valence-electron chi connectivity index (χ3n) is 5.55. The number of rotatable bonds is 3. The van der Waals surface area contributed by atoms with E-state index in [0.29, 0.717) is 31.9 Å². The summed E-state index contributed by atoms with van der Waals surface area (Å²) in [4.78, 5) is 31.5. The smallest absolute Gasteiger partial charge is 0.289 e. The van der Waals surface area contributed by atoms with Crippen LogP contribution in [0.25, 0.3) is 0 Å². The summed E-state index contributed by atoms with van der Waals surface area (Å²) in [6, 6.07) is 11.2. The molecule has 0 radical (unpaired) electrons. The minimum atomic E-state index is -0.134. The molecule has 0 spiro atoms. The summed E-state index contributed by atoms with van der Waals surface area (Å²) in [5.74, 6) is 0.226. The van der Waals surface area contributed by atoms with Crippen LogP contribution in [0.15, 0.2) is 47.1 Å². The van der Waals surface area contributed by atoms with Gasteiger partial charge in [-0.25, -0.2) is 0 Å². The molecule has 2 aliphatic heterocycles. The highest BCUT2D eigenvalue weighted by Gasteiger charge is 2.33. The van der Waals surface area contributed by atoms with E-state index < -0.39 is 0 Å². The van der Waals surface area contributed by atoms with E-state index >= 15 is 0 Å². The van der Waals surface area contributed by atoms with E-state index in [9.17, 15) is 9.59 Å². The molecule has 0 unspecified atom stereocenters. The molecule has 28 heavy (non-hydrogen) atoms. The average molecular weight is 402 g/mol. The molecule has 0 bridgehead atoms. The summed E-state index contributed by atoms with van der Waals surface area (Å²) in [5, 5.41) is 0.722. The molecule has 2 amide bonds. The van der Waals surface area contributed by atoms with E-state index in [1.54, 1.807) is 17.0 Å². The van der Waals surface area contributed by atoms with Crippen LogP contribution in [0.2, 0.25) is 5.02 Å². The number of furan rings is 1. The van der Waals surface area contributed by atoms with E-state index in [0.717, 1.165) is 36.6 Å². The van der Waals surface area contributed by atoms with E-state index in [1.165, 1.54) is 6.26 Å². The fourth-order valence-corrected chi connectivity index (χ4v) is 4.22. The van der Waals surface area contributed by atoms with Crippen molar-refractivity contribution in [3.05, 3.63) is 53.4 Å². The first-order valence-corrected chi connectivity index (χ1v) is 10.1. The maximum absolute atomic E-state index is 13.0. The number of amides is 2. The lowest BCUT2D eigenvalue weighted by molar-refractivity contribution is -0.137. The van der Waals surface area contributed by atoms with E-state index in [4.69, 9.17) is 16.0 Å². The van der Waals surface area contributed by atoms with Gasteiger partial charge in [-0.05, 0) is 43.2 Å². The van der Waals surface area contributed by atoms with Crippen molar-refractivity contribution in [3.8, 4) is 0 Å². The fourth-order valence-electron chi connectivity index (χ4n) is 4.04. The van der Waals surface area contributed by atoms with Crippen molar-refractivity contribution < 1.29 is 14.0 Å². The van der Waals surface area contributed by atoms with Gasteiger partial charge in [-0.1, -0.05) is 17.7 Å². The Morgan fingerprint density at radius 3 is 2.54 bits per heavy atom. The van der Waals surface area contributed by atoms with Crippen molar-refractivity contribution in [2.75, 3.05) is 44.2 Å². The number of nitrogens with zero attached hydrogens (tertiary/aromatic N) is 3. The molecule has 1 aromatic carbocycles. The molecule has 2 aliphatic rings. The van der Waals surface area contributed by atoms with Crippen molar-refractivity contribution in [3.63, 3.8) is 0 Å². The molecule has 148 valence electrons. The second-order valence-corrected chi connectivity index (χ2v) is 7.80. The van der Waals surface area contributed by atoms with Crippen LogP contribution in [0, 0.1) is 5.92 Å². The first-order chi connectivity index (χ1) is 13.6. The minimum Gasteiger partial charge on any atom is -0.459 e. The number of piperazine rings is 1. The Labute approximate surface area is 169 Å². The van der Waals surface area contributed by atoms with Crippen LogP contribution in [0.5, 0.6) is 0 Å². The van der Waals surface area contributed by atoms with Gasteiger partial charge >= 0.3 is 0 Å². The van der Waals surface area contributed by atoms with Gasteiger partial charge in [-0.3, -0.25) is 9.59 Å². The maximum atomic E-state index is 13.0. The summed E-state index contributed by atoms with van der Waals surface area (Å²) in [5.41, 5.74) is 1.09. The lowest BCUT2D eigenvalue weighted by Gasteiger charge is -2.39. The molecule has 7 heteroatoms. The van der Waals surface area contributed by atoms with Crippen LogP contribution in [0.3, 0.4) is 0 Å². The molecule has 0 N–H and O–H groups in total. The number of benzene rings is 1. The molecule has 1 aromatic heterocycles. The molecule has 4 rings (SSSR count). The third kappa shape index (κ3) is 4.02. The van der Waals surface area contributed by atoms with Crippen LogP contribution in [0.1, 0.15) is 23.4 Å². The predicted octanol–water partition coefficient (Wildman–Crippen LogP) is 3.13. The largest absolute Gasteiger partial charge is 0.459 e. The highest BCUT2D eigenvalue weighted by Crippen LogP contribution is 2.24. The Balaban J connectivity index is 1.34. The molecule has 2 saturated heterocycles. The first-order valence-electron chi connectivity index (χ1n) is 9.74. The van der Waals surface area contributed by atoms with Gasteiger partial charge in [0.1, 0.15) is 0 Å². The van der Waals surface area contributed by atoms with E-state index in [2.05, 4.69) is 4.90 Å². The zero-order valence-corrected chi connectivity index (χ0v) is 16.5. The summed E-state index contributed by atoms with van der Waals surface area (Å²) in [6.45, 7) is 4.09. The van der Waals surface area contributed by atoms with Gasteiger partial charge in [0.25, 0.3) is 5.91 Å². The zero-order chi connectivity index (χ0) is 19.5. The molecule has 0 aliphatic carbocycles. The highest BCUT2D eigenvalue weighted by atomic mass is 35.5. The third-order valence-corrected chi connectivity index (χ3v) is 5.79. The fraction of sp³-hybridized carbons (Fsp3) is 0.429. The molecular formula is C21H24ClN3O3. The maximum Gasteiger partial charge on any atom is 0.289 e. The number of likely N-dealkylation sites (tertiary alicyclic amines) is 1. The molecular weight excluding hydrogens is 378 g/mol. The molecule has 6 nitrogen and oxygen atoms in total. The van der Waals surface area contributed by atoms with Crippen molar-refractivity contribution in [2.45, 2.75) is 12.8 Å². The van der Waals surface area contributed by atoms with E-state index in [-0.39, 0.29) is 17.7 Å². The van der Waals surface area contributed by atoms with Crippen LogP contribution in [-0.4, -0.2) is 60.9 Å². The summed E-state index contributed by atoms with van der Waals surface area (Å²) in [6.07, 6.45) is 3.17. The van der Waals surface area contributed by atoms with Gasteiger partial charge in [-0.15, -0.1) is 0 Å². The average Bonchev–Trinajstić information content (AvgIpc) is 3.28. The van der Waals surface area contributed by atoms with Gasteiger partial charge in [-0.2, -0.15) is 0 Å². The normalized spacial score (nSPS) is 20.3. The first kappa shape index (κ1) is 18.9. The van der Waals surface area contributed by atoms with Gasteiger partial charge in [0.2, 0.25) is 5.91 Å². The number of carbonyl (C=O) groups is 2. The quantitative estimate of drug-likeness (QED) is 0.792. The number of halogens is 1. The molecule has 1 atom stereocenters. The second kappa shape index (κ2) is 8.27. The molecule has 2 aromatic rings. The Kier molecular flexibility index (Phi) is 5.57.